The van der Waals surface area contributed by atoms with E-state index in [2.05, 4.69) is 15.6 Å². The molecule has 28 heavy (non-hydrogen) atoms. The molecule has 144 valence electrons. The number of nitrogens with zero attached hydrogens (tertiary/aromatic N) is 1. The Balaban J connectivity index is 1.61. The number of hydrogen-bond acceptors (Lipinski definition) is 4. The number of benzene rings is 2. The van der Waals surface area contributed by atoms with Crippen molar-refractivity contribution in [3.05, 3.63) is 90.0 Å². The summed E-state index contributed by atoms with van der Waals surface area (Å²) in [4.78, 5) is 16.0. The summed E-state index contributed by atoms with van der Waals surface area (Å²) in [6.45, 7) is 0.314. The van der Waals surface area contributed by atoms with E-state index < -0.39 is 27.4 Å². The molecule has 3 aromatic rings. The Labute approximate surface area is 162 Å². The molecule has 2 aromatic carbocycles. The van der Waals surface area contributed by atoms with Gasteiger partial charge in [0.2, 0.25) is 0 Å². The molecule has 0 unspecified atom stereocenters. The van der Waals surface area contributed by atoms with Gasteiger partial charge < -0.3 is 10.6 Å². The molecule has 3 rings (SSSR count). The lowest BCUT2D eigenvalue weighted by Gasteiger charge is -2.09. The molecule has 0 radical (unpaired) electrons. The molecule has 8 heteroatoms. The van der Waals surface area contributed by atoms with Crippen LogP contribution in [0, 0.1) is 5.82 Å². The van der Waals surface area contributed by atoms with Gasteiger partial charge in [0.25, 0.3) is 0 Å². The number of aromatic nitrogens is 1. The van der Waals surface area contributed by atoms with Gasteiger partial charge in [-0.1, -0.05) is 24.3 Å². The molecule has 0 fully saturated rings. The molecule has 0 saturated carbocycles. The summed E-state index contributed by atoms with van der Waals surface area (Å²) in [5.41, 5.74) is 1.40. The van der Waals surface area contributed by atoms with E-state index in [0.717, 1.165) is 5.56 Å². The van der Waals surface area contributed by atoms with Crippen molar-refractivity contribution < 1.29 is 17.6 Å². The van der Waals surface area contributed by atoms with E-state index in [1.54, 1.807) is 24.5 Å². The molecule has 6 nitrogen and oxygen atoms in total. The second kappa shape index (κ2) is 8.62. The first-order valence-corrected chi connectivity index (χ1v) is 10.1. The maximum absolute atomic E-state index is 13.7. The highest BCUT2D eigenvalue weighted by Crippen LogP contribution is 2.20. The Morgan fingerprint density at radius 2 is 1.75 bits per heavy atom. The van der Waals surface area contributed by atoms with Crippen molar-refractivity contribution in [3.63, 3.8) is 0 Å². The number of sulfone groups is 1. The number of urea groups is 1. The molecular formula is C20H18FN3O3S. The monoisotopic (exact) mass is 399 g/mol. The van der Waals surface area contributed by atoms with Crippen molar-refractivity contribution in [2.24, 2.45) is 0 Å². The number of nitrogens with one attached hydrogen (secondary N) is 2. The van der Waals surface area contributed by atoms with Crippen molar-refractivity contribution in [2.45, 2.75) is 17.2 Å². The molecule has 2 amide bonds. The van der Waals surface area contributed by atoms with Crippen molar-refractivity contribution in [2.75, 3.05) is 5.32 Å². The number of halogens is 1. The molecule has 0 spiro atoms. The van der Waals surface area contributed by atoms with Gasteiger partial charge >= 0.3 is 6.03 Å². The number of carbonyl (C=O) groups excluding carboxylic acids is 1. The molecule has 0 aliphatic carbocycles. The van der Waals surface area contributed by atoms with Crippen LogP contribution in [0.5, 0.6) is 0 Å². The van der Waals surface area contributed by atoms with E-state index in [4.69, 9.17) is 0 Å². The fourth-order valence-corrected chi connectivity index (χ4v) is 3.87. The zero-order valence-electron chi connectivity index (χ0n) is 14.8. The maximum atomic E-state index is 13.7. The first-order chi connectivity index (χ1) is 13.4. The molecule has 2 N–H and O–H groups in total. The highest BCUT2D eigenvalue weighted by Gasteiger charge is 2.17. The lowest BCUT2D eigenvalue weighted by atomic mass is 10.2. The minimum atomic E-state index is -3.70. The van der Waals surface area contributed by atoms with Gasteiger partial charge in [-0.2, -0.15) is 0 Å². The number of pyridine rings is 1. The molecular weight excluding hydrogens is 381 g/mol. The Morgan fingerprint density at radius 1 is 1.00 bits per heavy atom. The quantitative estimate of drug-likeness (QED) is 0.664. The molecule has 0 aliphatic heterocycles. The molecule has 1 aromatic heterocycles. The van der Waals surface area contributed by atoms with Gasteiger partial charge in [-0.25, -0.2) is 17.6 Å². The minimum Gasteiger partial charge on any atom is -0.334 e. The fraction of sp³-hybridized carbons (Fsp3) is 0.100. The van der Waals surface area contributed by atoms with E-state index in [1.807, 2.05) is 6.07 Å². The Morgan fingerprint density at radius 3 is 2.43 bits per heavy atom. The van der Waals surface area contributed by atoms with Gasteiger partial charge in [-0.15, -0.1) is 0 Å². The summed E-state index contributed by atoms with van der Waals surface area (Å²) < 4.78 is 38.7. The standard InChI is InChI=1S/C20H18FN3O3S/c21-19-6-2-1-5-16(19)14-28(26,27)18-9-7-17(8-10-18)24-20(25)23-13-15-4-3-11-22-12-15/h1-12H,13-14H2,(H2,23,24,25). The lowest BCUT2D eigenvalue weighted by molar-refractivity contribution is 0.251. The smallest absolute Gasteiger partial charge is 0.319 e. The third-order valence-electron chi connectivity index (χ3n) is 3.95. The van der Waals surface area contributed by atoms with Gasteiger partial charge in [0.15, 0.2) is 9.84 Å². The number of carbonyl (C=O) groups is 1. The van der Waals surface area contributed by atoms with Crippen molar-refractivity contribution in [3.8, 4) is 0 Å². The Bertz CT molecular complexity index is 1060. The maximum Gasteiger partial charge on any atom is 0.319 e. The lowest BCUT2D eigenvalue weighted by Crippen LogP contribution is -2.28. The molecule has 0 atom stereocenters. The third kappa shape index (κ3) is 5.14. The van der Waals surface area contributed by atoms with E-state index >= 15 is 0 Å². The second-order valence-corrected chi connectivity index (χ2v) is 8.03. The fourth-order valence-electron chi connectivity index (χ4n) is 2.51. The van der Waals surface area contributed by atoms with Crippen LogP contribution >= 0.6 is 0 Å². The van der Waals surface area contributed by atoms with Crippen LogP contribution in [-0.4, -0.2) is 19.4 Å². The van der Waals surface area contributed by atoms with Crippen LogP contribution in [0.4, 0.5) is 14.9 Å². The van der Waals surface area contributed by atoms with Crippen LogP contribution in [0.3, 0.4) is 0 Å². The zero-order valence-corrected chi connectivity index (χ0v) is 15.6. The molecule has 0 aliphatic rings. The molecule has 1 heterocycles. The van der Waals surface area contributed by atoms with Crippen molar-refractivity contribution >= 4 is 21.6 Å². The van der Waals surface area contributed by atoms with Gasteiger partial charge in [0.1, 0.15) is 5.82 Å². The third-order valence-corrected chi connectivity index (χ3v) is 5.63. The summed E-state index contributed by atoms with van der Waals surface area (Å²) in [5, 5.41) is 5.31. The predicted molar refractivity (Wildman–Crippen MR) is 104 cm³/mol. The topological polar surface area (TPSA) is 88.2 Å². The first kappa shape index (κ1) is 19.5. The minimum absolute atomic E-state index is 0.0528. The van der Waals surface area contributed by atoms with Crippen LogP contribution in [-0.2, 0) is 22.1 Å². The van der Waals surface area contributed by atoms with E-state index in [-0.39, 0.29) is 10.5 Å². The second-order valence-electron chi connectivity index (χ2n) is 6.04. The van der Waals surface area contributed by atoms with Crippen LogP contribution in [0.2, 0.25) is 0 Å². The summed E-state index contributed by atoms with van der Waals surface area (Å²) in [6, 6.07) is 14.7. The number of hydrogen-bond donors (Lipinski definition) is 2. The normalized spacial score (nSPS) is 11.0. The number of anilines is 1. The predicted octanol–water partition coefficient (Wildman–Crippen LogP) is 3.52. The first-order valence-electron chi connectivity index (χ1n) is 8.44. The highest BCUT2D eigenvalue weighted by atomic mass is 32.2. The van der Waals surface area contributed by atoms with Gasteiger partial charge in [-0.3, -0.25) is 4.98 Å². The average molecular weight is 399 g/mol. The van der Waals surface area contributed by atoms with E-state index in [1.165, 1.54) is 42.5 Å². The summed E-state index contributed by atoms with van der Waals surface area (Å²) >= 11 is 0. The zero-order chi connectivity index (χ0) is 20.0. The van der Waals surface area contributed by atoms with E-state index in [0.29, 0.717) is 12.2 Å². The van der Waals surface area contributed by atoms with Crippen molar-refractivity contribution in [1.29, 1.82) is 0 Å². The highest BCUT2D eigenvalue weighted by molar-refractivity contribution is 7.90. The average Bonchev–Trinajstić information content (AvgIpc) is 2.69. The number of amides is 2. The van der Waals surface area contributed by atoms with Crippen LogP contribution in [0.1, 0.15) is 11.1 Å². The summed E-state index contributed by atoms with van der Waals surface area (Å²) in [7, 11) is -3.70. The van der Waals surface area contributed by atoms with Crippen molar-refractivity contribution in [1.82, 2.24) is 10.3 Å². The van der Waals surface area contributed by atoms with Crippen LogP contribution in [0.25, 0.3) is 0 Å². The molecule has 0 saturated heterocycles. The summed E-state index contributed by atoms with van der Waals surface area (Å²) in [6.07, 6.45) is 3.29. The summed E-state index contributed by atoms with van der Waals surface area (Å²) in [5.74, 6) is -0.993. The largest absolute Gasteiger partial charge is 0.334 e. The van der Waals surface area contributed by atoms with Crippen LogP contribution in [0.15, 0.2) is 78.0 Å². The Hall–Kier alpha value is -3.26. The van der Waals surface area contributed by atoms with Gasteiger partial charge in [-0.05, 0) is 42.0 Å². The van der Waals surface area contributed by atoms with Gasteiger partial charge in [0, 0.05) is 30.2 Å². The Kier molecular flexibility index (Phi) is 6.00. The number of rotatable bonds is 6. The van der Waals surface area contributed by atoms with Crippen LogP contribution < -0.4 is 10.6 Å². The molecule has 0 bridgehead atoms. The van der Waals surface area contributed by atoms with E-state index in [9.17, 15) is 17.6 Å². The van der Waals surface area contributed by atoms with Gasteiger partial charge in [0.05, 0.1) is 10.6 Å². The SMILES string of the molecule is O=C(NCc1cccnc1)Nc1ccc(S(=O)(=O)Cc2ccccc2F)cc1.